The van der Waals surface area contributed by atoms with E-state index in [-0.39, 0.29) is 23.7 Å². The predicted molar refractivity (Wildman–Crippen MR) is 98.5 cm³/mol. The fourth-order valence-corrected chi connectivity index (χ4v) is 2.44. The molecule has 0 bridgehead atoms. The maximum atomic E-state index is 11.8. The Morgan fingerprint density at radius 3 is 2.56 bits per heavy atom. The number of aromatic hydroxyl groups is 1. The lowest BCUT2D eigenvalue weighted by Crippen LogP contribution is -2.24. The highest BCUT2D eigenvalue weighted by Crippen LogP contribution is 2.37. The summed E-state index contributed by atoms with van der Waals surface area (Å²) in [5, 5.41) is 24.5. The molecule has 2 N–H and O–H groups in total. The van der Waals surface area contributed by atoms with Gasteiger partial charge in [0.2, 0.25) is 5.75 Å². The Balaban J connectivity index is 2.02. The van der Waals surface area contributed by atoms with Gasteiger partial charge in [-0.1, -0.05) is 6.07 Å². The zero-order chi connectivity index (χ0) is 20.0. The van der Waals surface area contributed by atoms with Gasteiger partial charge in [-0.3, -0.25) is 14.9 Å². The molecule has 9 nitrogen and oxygen atoms in total. The first kappa shape index (κ1) is 19.7. The third-order valence-corrected chi connectivity index (χ3v) is 3.49. The minimum Gasteiger partial charge on any atom is -0.504 e. The van der Waals surface area contributed by atoms with E-state index in [9.17, 15) is 20.0 Å². The highest BCUT2D eigenvalue weighted by molar-refractivity contribution is 5.89. The molecule has 2 aromatic rings. The van der Waals surface area contributed by atoms with Gasteiger partial charge in [0.25, 0.3) is 5.91 Å². The molecule has 0 fully saturated rings. The molecule has 0 atom stereocenters. The molecule has 9 heteroatoms. The van der Waals surface area contributed by atoms with Crippen molar-refractivity contribution in [1.82, 2.24) is 5.43 Å². The summed E-state index contributed by atoms with van der Waals surface area (Å²) in [5.41, 5.74) is 3.85. The first-order valence-electron chi connectivity index (χ1n) is 7.89. The van der Waals surface area contributed by atoms with Crippen molar-refractivity contribution in [2.24, 2.45) is 5.10 Å². The highest BCUT2D eigenvalue weighted by atomic mass is 16.6. The number of carbonyl (C=O) groups is 1. The Morgan fingerprint density at radius 1 is 1.30 bits per heavy atom. The fourth-order valence-electron chi connectivity index (χ4n) is 2.44. The number of nitrogens with zero attached hydrogens (tertiary/aromatic N) is 2. The topological polar surface area (TPSA) is 123 Å². The van der Waals surface area contributed by atoms with Crippen molar-refractivity contribution < 1.29 is 24.3 Å². The number of nitrogens with one attached hydrogen (secondary N) is 1. The number of ether oxygens (including phenoxy) is 2. The second-order valence-electron chi connectivity index (χ2n) is 5.72. The van der Waals surface area contributed by atoms with E-state index in [2.05, 4.69) is 10.5 Å². The summed E-state index contributed by atoms with van der Waals surface area (Å²) >= 11 is 0. The molecule has 0 heterocycles. The molecule has 0 aromatic heterocycles. The average Bonchev–Trinajstić information content (AvgIpc) is 2.59. The number of nitro benzene ring substituents is 1. The fraction of sp³-hybridized carbons (Fsp3) is 0.222. The number of hydrogen-bond donors (Lipinski definition) is 2. The van der Waals surface area contributed by atoms with Crippen molar-refractivity contribution in [2.75, 3.05) is 13.7 Å². The van der Waals surface area contributed by atoms with Crippen LogP contribution in [0.1, 0.15) is 16.7 Å². The van der Waals surface area contributed by atoms with Crippen LogP contribution < -0.4 is 14.9 Å². The predicted octanol–water partition coefficient (Wildman–Crippen LogP) is 2.45. The van der Waals surface area contributed by atoms with Gasteiger partial charge in [-0.15, -0.1) is 0 Å². The van der Waals surface area contributed by atoms with Crippen LogP contribution in [0, 0.1) is 24.0 Å². The zero-order valence-corrected chi connectivity index (χ0v) is 15.1. The summed E-state index contributed by atoms with van der Waals surface area (Å²) in [6, 6.07) is 8.11. The van der Waals surface area contributed by atoms with Gasteiger partial charge in [0.1, 0.15) is 5.75 Å². The van der Waals surface area contributed by atoms with Crippen molar-refractivity contribution >= 4 is 17.8 Å². The van der Waals surface area contributed by atoms with E-state index in [4.69, 9.17) is 9.47 Å². The minimum atomic E-state index is -0.703. The molecule has 1 amide bonds. The number of carbonyl (C=O) groups excluding carboxylic acids is 1. The molecule has 0 unspecified atom stereocenters. The summed E-state index contributed by atoms with van der Waals surface area (Å²) in [6.45, 7) is 3.58. The molecule has 27 heavy (non-hydrogen) atoms. The van der Waals surface area contributed by atoms with Crippen LogP contribution >= 0.6 is 0 Å². The molecule has 0 saturated carbocycles. The van der Waals surface area contributed by atoms with Gasteiger partial charge in [-0.2, -0.15) is 5.10 Å². The van der Waals surface area contributed by atoms with E-state index >= 15 is 0 Å². The van der Waals surface area contributed by atoms with E-state index in [0.717, 1.165) is 17.3 Å². The number of amides is 1. The Morgan fingerprint density at radius 2 is 1.96 bits per heavy atom. The highest BCUT2D eigenvalue weighted by Gasteiger charge is 2.23. The van der Waals surface area contributed by atoms with Gasteiger partial charge in [-0.25, -0.2) is 5.43 Å². The molecule has 142 valence electrons. The lowest BCUT2D eigenvalue weighted by Gasteiger charge is -2.07. The number of rotatable bonds is 7. The summed E-state index contributed by atoms with van der Waals surface area (Å²) in [4.78, 5) is 22.3. The lowest BCUT2D eigenvalue weighted by atomic mass is 10.1. The molecule has 0 aliphatic rings. The maximum absolute atomic E-state index is 11.8. The second kappa shape index (κ2) is 8.65. The zero-order valence-electron chi connectivity index (χ0n) is 15.1. The molecule has 0 radical (unpaired) electrons. The van der Waals surface area contributed by atoms with Gasteiger partial charge in [0.05, 0.1) is 23.8 Å². The lowest BCUT2D eigenvalue weighted by molar-refractivity contribution is -0.386. The van der Waals surface area contributed by atoms with Crippen LogP contribution in [0.15, 0.2) is 35.4 Å². The minimum absolute atomic E-state index is 0.0603. The van der Waals surface area contributed by atoms with Crippen molar-refractivity contribution in [3.63, 3.8) is 0 Å². The van der Waals surface area contributed by atoms with Gasteiger partial charge in [-0.05, 0) is 49.2 Å². The quantitative estimate of drug-likeness (QED) is 0.436. The molecular weight excluding hydrogens is 354 g/mol. The molecular formula is C18H19N3O6. The maximum Gasteiger partial charge on any atom is 0.323 e. The van der Waals surface area contributed by atoms with Gasteiger partial charge in [0.15, 0.2) is 12.4 Å². The van der Waals surface area contributed by atoms with Gasteiger partial charge < -0.3 is 14.6 Å². The van der Waals surface area contributed by atoms with Crippen LogP contribution in [0.4, 0.5) is 5.69 Å². The van der Waals surface area contributed by atoms with E-state index in [1.807, 2.05) is 19.9 Å². The number of hydrazone groups is 1. The normalized spacial score (nSPS) is 10.6. The number of hydrogen-bond acceptors (Lipinski definition) is 7. The Hall–Kier alpha value is -3.62. The monoisotopic (exact) mass is 373 g/mol. The molecule has 2 aromatic carbocycles. The van der Waals surface area contributed by atoms with E-state index < -0.39 is 16.5 Å². The first-order chi connectivity index (χ1) is 12.8. The number of phenolic OH excluding ortho intramolecular Hbond substituents is 1. The van der Waals surface area contributed by atoms with Crippen LogP contribution in [-0.4, -0.2) is 35.9 Å². The number of phenols is 1. The second-order valence-corrected chi connectivity index (χ2v) is 5.72. The first-order valence-corrected chi connectivity index (χ1v) is 7.89. The SMILES string of the molecule is COc1c(O)ccc(C=NNC(=O)COc2cc(C)cc(C)c2)c1[N+](=O)[O-]. The smallest absolute Gasteiger partial charge is 0.323 e. The average molecular weight is 373 g/mol. The van der Waals surface area contributed by atoms with Crippen LogP contribution in [-0.2, 0) is 4.79 Å². The van der Waals surface area contributed by atoms with Gasteiger partial charge >= 0.3 is 5.69 Å². The third kappa shape index (κ3) is 5.18. The Kier molecular flexibility index (Phi) is 6.32. The van der Waals surface area contributed by atoms with Crippen molar-refractivity contribution in [2.45, 2.75) is 13.8 Å². The van der Waals surface area contributed by atoms with Crippen LogP contribution in [0.5, 0.6) is 17.2 Å². The summed E-state index contributed by atoms with van der Waals surface area (Å²) < 4.78 is 10.3. The van der Waals surface area contributed by atoms with E-state index in [1.54, 1.807) is 12.1 Å². The number of aryl methyl sites for hydroxylation is 2. The van der Waals surface area contributed by atoms with Gasteiger partial charge in [0, 0.05) is 0 Å². The van der Waals surface area contributed by atoms with Crippen molar-refractivity contribution in [3.05, 3.63) is 57.1 Å². The molecule has 0 spiro atoms. The van der Waals surface area contributed by atoms with Crippen molar-refractivity contribution in [1.29, 1.82) is 0 Å². The van der Waals surface area contributed by atoms with E-state index in [1.165, 1.54) is 19.2 Å². The number of nitro groups is 1. The third-order valence-electron chi connectivity index (χ3n) is 3.49. The largest absolute Gasteiger partial charge is 0.504 e. The van der Waals surface area contributed by atoms with Crippen LogP contribution in [0.25, 0.3) is 0 Å². The molecule has 0 aliphatic heterocycles. The standard InChI is InChI=1S/C18H19N3O6/c1-11-6-12(2)8-14(7-11)27-10-16(23)20-19-9-13-4-5-15(22)18(26-3)17(13)21(24)25/h4-9,22H,10H2,1-3H3,(H,20,23). The van der Waals surface area contributed by atoms with Crippen LogP contribution in [0.2, 0.25) is 0 Å². The number of methoxy groups -OCH3 is 1. The van der Waals surface area contributed by atoms with E-state index in [0.29, 0.717) is 5.75 Å². The number of benzene rings is 2. The molecule has 0 saturated heterocycles. The Labute approximate surface area is 155 Å². The molecule has 2 rings (SSSR count). The summed E-state index contributed by atoms with van der Waals surface area (Å²) in [5.74, 6) is -0.620. The Bertz CT molecular complexity index is 875. The summed E-state index contributed by atoms with van der Waals surface area (Å²) in [6.07, 6.45) is 1.09. The summed E-state index contributed by atoms with van der Waals surface area (Å²) in [7, 11) is 1.20. The van der Waals surface area contributed by atoms with Crippen molar-refractivity contribution in [3.8, 4) is 17.2 Å². The molecule has 0 aliphatic carbocycles. The van der Waals surface area contributed by atoms with Crippen LogP contribution in [0.3, 0.4) is 0 Å².